The maximum absolute atomic E-state index is 12.5. The Hall–Kier alpha value is -0.570. The van der Waals surface area contributed by atoms with Gasteiger partial charge in [0.05, 0.1) is 0 Å². The summed E-state index contributed by atoms with van der Waals surface area (Å²) in [6.45, 7) is 3.06. The fraction of sp³-hybridized carbons (Fsp3) is 0.929. The molecule has 2 aliphatic rings. The van der Waals surface area contributed by atoms with Crippen molar-refractivity contribution in [3.63, 3.8) is 0 Å². The standard InChI is InChI=1S/C14H26N2O/c1-14(6-4-3-5-7-14)13(17)16(2)10-11-8-12(15)9-11/h11-12H,3-10,15H2,1-2H3. The molecule has 2 N–H and O–H groups in total. The van der Waals surface area contributed by atoms with Crippen molar-refractivity contribution in [3.05, 3.63) is 0 Å². The molecule has 0 aromatic carbocycles. The number of rotatable bonds is 3. The van der Waals surface area contributed by atoms with Crippen LogP contribution in [-0.2, 0) is 4.79 Å². The fourth-order valence-electron chi connectivity index (χ4n) is 3.41. The third kappa shape index (κ3) is 2.82. The van der Waals surface area contributed by atoms with Crippen molar-refractivity contribution >= 4 is 5.91 Å². The van der Waals surface area contributed by atoms with Gasteiger partial charge in [-0.05, 0) is 31.6 Å². The first-order valence-corrected chi connectivity index (χ1v) is 7.02. The third-order valence-corrected chi connectivity index (χ3v) is 4.62. The Kier molecular flexibility index (Phi) is 3.76. The van der Waals surface area contributed by atoms with E-state index in [0.29, 0.717) is 17.9 Å². The average Bonchev–Trinajstić information content (AvgIpc) is 2.27. The van der Waals surface area contributed by atoms with Gasteiger partial charge in [0.2, 0.25) is 5.91 Å². The van der Waals surface area contributed by atoms with Gasteiger partial charge in [0.25, 0.3) is 0 Å². The van der Waals surface area contributed by atoms with Crippen LogP contribution >= 0.6 is 0 Å². The van der Waals surface area contributed by atoms with Crippen LogP contribution in [0.25, 0.3) is 0 Å². The zero-order chi connectivity index (χ0) is 12.5. The molecule has 0 aromatic rings. The predicted molar refractivity (Wildman–Crippen MR) is 69.5 cm³/mol. The molecule has 0 radical (unpaired) electrons. The van der Waals surface area contributed by atoms with Crippen molar-refractivity contribution in [2.24, 2.45) is 17.1 Å². The van der Waals surface area contributed by atoms with Crippen LogP contribution in [0.5, 0.6) is 0 Å². The van der Waals surface area contributed by atoms with Gasteiger partial charge in [0, 0.05) is 25.0 Å². The van der Waals surface area contributed by atoms with E-state index in [1.807, 2.05) is 11.9 Å². The SMILES string of the molecule is CN(CC1CC(N)C1)C(=O)C1(C)CCCCC1. The van der Waals surface area contributed by atoms with E-state index in [9.17, 15) is 4.79 Å². The van der Waals surface area contributed by atoms with E-state index >= 15 is 0 Å². The largest absolute Gasteiger partial charge is 0.345 e. The zero-order valence-corrected chi connectivity index (χ0v) is 11.2. The van der Waals surface area contributed by atoms with Gasteiger partial charge in [-0.1, -0.05) is 26.2 Å². The van der Waals surface area contributed by atoms with Gasteiger partial charge in [-0.3, -0.25) is 4.79 Å². The highest BCUT2D eigenvalue weighted by Crippen LogP contribution is 2.37. The highest BCUT2D eigenvalue weighted by atomic mass is 16.2. The summed E-state index contributed by atoms with van der Waals surface area (Å²) < 4.78 is 0. The Morgan fingerprint density at radius 2 is 1.88 bits per heavy atom. The van der Waals surface area contributed by atoms with Crippen LogP contribution in [0.2, 0.25) is 0 Å². The maximum Gasteiger partial charge on any atom is 0.228 e. The number of amides is 1. The Balaban J connectivity index is 1.85. The van der Waals surface area contributed by atoms with E-state index in [0.717, 1.165) is 32.2 Å². The van der Waals surface area contributed by atoms with Crippen molar-refractivity contribution in [1.82, 2.24) is 4.90 Å². The molecular formula is C14H26N2O. The van der Waals surface area contributed by atoms with Gasteiger partial charge in [-0.25, -0.2) is 0 Å². The fourth-order valence-corrected chi connectivity index (χ4v) is 3.41. The Bertz CT molecular complexity index is 278. The van der Waals surface area contributed by atoms with Crippen LogP contribution in [0.3, 0.4) is 0 Å². The number of hydrogen-bond donors (Lipinski definition) is 1. The van der Waals surface area contributed by atoms with Gasteiger partial charge >= 0.3 is 0 Å². The molecule has 1 amide bonds. The summed E-state index contributed by atoms with van der Waals surface area (Å²) in [5, 5.41) is 0. The van der Waals surface area contributed by atoms with E-state index in [4.69, 9.17) is 5.73 Å². The molecule has 3 nitrogen and oxygen atoms in total. The molecule has 17 heavy (non-hydrogen) atoms. The molecule has 0 unspecified atom stereocenters. The topological polar surface area (TPSA) is 46.3 Å². The number of carbonyl (C=O) groups excluding carboxylic acids is 1. The highest BCUT2D eigenvalue weighted by molar-refractivity contribution is 5.82. The summed E-state index contributed by atoms with van der Waals surface area (Å²) in [6.07, 6.45) is 8.04. The molecule has 0 saturated heterocycles. The third-order valence-electron chi connectivity index (χ3n) is 4.62. The molecule has 2 saturated carbocycles. The minimum atomic E-state index is -0.0845. The van der Waals surface area contributed by atoms with Crippen molar-refractivity contribution in [1.29, 1.82) is 0 Å². The number of nitrogens with two attached hydrogens (primary N) is 1. The average molecular weight is 238 g/mol. The summed E-state index contributed by atoms with van der Waals surface area (Å²) in [5.41, 5.74) is 5.70. The van der Waals surface area contributed by atoms with Gasteiger partial charge in [0.15, 0.2) is 0 Å². The molecule has 0 spiro atoms. The normalized spacial score (nSPS) is 31.7. The van der Waals surface area contributed by atoms with E-state index in [-0.39, 0.29) is 5.41 Å². The zero-order valence-electron chi connectivity index (χ0n) is 11.2. The molecule has 0 bridgehead atoms. The second-order valence-electron chi connectivity index (χ2n) is 6.40. The molecule has 2 rings (SSSR count). The highest BCUT2D eigenvalue weighted by Gasteiger charge is 2.38. The molecule has 0 aromatic heterocycles. The summed E-state index contributed by atoms with van der Waals surface area (Å²) in [4.78, 5) is 14.4. The van der Waals surface area contributed by atoms with E-state index in [1.54, 1.807) is 0 Å². The van der Waals surface area contributed by atoms with E-state index in [1.165, 1.54) is 19.3 Å². The second-order valence-corrected chi connectivity index (χ2v) is 6.40. The lowest BCUT2D eigenvalue weighted by atomic mass is 9.74. The smallest absolute Gasteiger partial charge is 0.228 e. The summed E-state index contributed by atoms with van der Waals surface area (Å²) in [7, 11) is 1.96. The molecule has 98 valence electrons. The van der Waals surface area contributed by atoms with Crippen LogP contribution in [0.15, 0.2) is 0 Å². The van der Waals surface area contributed by atoms with Crippen molar-refractivity contribution in [3.8, 4) is 0 Å². The quantitative estimate of drug-likeness (QED) is 0.819. The Morgan fingerprint density at radius 1 is 1.29 bits per heavy atom. The van der Waals surface area contributed by atoms with Crippen LogP contribution in [0.1, 0.15) is 51.9 Å². The first kappa shape index (κ1) is 12.9. The number of nitrogens with zero attached hydrogens (tertiary/aromatic N) is 1. The monoisotopic (exact) mass is 238 g/mol. The van der Waals surface area contributed by atoms with Gasteiger partial charge in [-0.15, -0.1) is 0 Å². The van der Waals surface area contributed by atoms with Crippen LogP contribution < -0.4 is 5.73 Å². The van der Waals surface area contributed by atoms with Gasteiger partial charge in [-0.2, -0.15) is 0 Å². The number of carbonyl (C=O) groups is 1. The van der Waals surface area contributed by atoms with Crippen LogP contribution in [0.4, 0.5) is 0 Å². The predicted octanol–water partition coefficient (Wildman–Crippen LogP) is 2.15. The molecule has 2 aliphatic carbocycles. The molecule has 3 heteroatoms. The van der Waals surface area contributed by atoms with Crippen LogP contribution in [-0.4, -0.2) is 30.4 Å². The lowest BCUT2D eigenvalue weighted by molar-refractivity contribution is -0.142. The van der Waals surface area contributed by atoms with E-state index in [2.05, 4.69) is 6.92 Å². The van der Waals surface area contributed by atoms with Crippen molar-refractivity contribution < 1.29 is 4.79 Å². The molecule has 2 fully saturated rings. The van der Waals surface area contributed by atoms with Crippen LogP contribution in [0, 0.1) is 11.3 Å². The van der Waals surface area contributed by atoms with Gasteiger partial charge < -0.3 is 10.6 Å². The van der Waals surface area contributed by atoms with E-state index < -0.39 is 0 Å². The molecule has 0 atom stereocenters. The molecule has 0 aliphatic heterocycles. The minimum Gasteiger partial charge on any atom is -0.345 e. The first-order valence-electron chi connectivity index (χ1n) is 7.02. The molecule has 0 heterocycles. The lowest BCUT2D eigenvalue weighted by Crippen LogP contribution is -2.47. The van der Waals surface area contributed by atoms with Crippen molar-refractivity contribution in [2.75, 3.05) is 13.6 Å². The Labute approximate surface area is 105 Å². The van der Waals surface area contributed by atoms with Crippen molar-refractivity contribution in [2.45, 2.75) is 57.9 Å². The maximum atomic E-state index is 12.5. The lowest BCUT2D eigenvalue weighted by Gasteiger charge is -2.40. The second kappa shape index (κ2) is 4.97. The minimum absolute atomic E-state index is 0.0845. The summed E-state index contributed by atoms with van der Waals surface area (Å²) >= 11 is 0. The molecular weight excluding hydrogens is 212 g/mol. The summed E-state index contributed by atoms with van der Waals surface area (Å²) in [5.74, 6) is 1.00. The number of hydrogen-bond acceptors (Lipinski definition) is 2. The van der Waals surface area contributed by atoms with Gasteiger partial charge in [0.1, 0.15) is 0 Å². The first-order chi connectivity index (χ1) is 8.01. The Morgan fingerprint density at radius 3 is 2.41 bits per heavy atom. The summed E-state index contributed by atoms with van der Waals surface area (Å²) in [6, 6.07) is 0.383.